The van der Waals surface area contributed by atoms with E-state index < -0.39 is 0 Å². The molecule has 0 unspecified atom stereocenters. The van der Waals surface area contributed by atoms with Crippen molar-refractivity contribution in [3.8, 4) is 5.75 Å². The van der Waals surface area contributed by atoms with Crippen LogP contribution in [0.15, 0.2) is 29.1 Å². The maximum absolute atomic E-state index is 12.8. The van der Waals surface area contributed by atoms with Crippen molar-refractivity contribution >= 4 is 16.8 Å². The molecule has 1 saturated heterocycles. The minimum atomic E-state index is -0.139. The molecule has 1 N–H and O–H groups in total. The van der Waals surface area contributed by atoms with E-state index in [0.29, 0.717) is 18.2 Å². The van der Waals surface area contributed by atoms with Gasteiger partial charge in [-0.15, -0.1) is 0 Å². The van der Waals surface area contributed by atoms with Crippen LogP contribution in [-0.2, 0) is 16.1 Å². The van der Waals surface area contributed by atoms with Crippen molar-refractivity contribution < 1.29 is 14.3 Å². The standard InChI is InChI=1S/C24H33N3O4/c1-17(2)21-14-24(29)27(15-18-3-4-18)22-13-19(5-6-20(21)22)31-16-23(28)25-7-8-26-9-11-30-12-10-26/h5-6,13-14,17-18H,3-4,7-12,15-16H2,1-2H3,(H,25,28). The fraction of sp³-hybridized carbons (Fsp3) is 0.583. The maximum Gasteiger partial charge on any atom is 0.257 e. The average molecular weight is 428 g/mol. The van der Waals surface area contributed by atoms with Gasteiger partial charge in [0.15, 0.2) is 6.61 Å². The number of carbonyl (C=O) groups is 1. The largest absolute Gasteiger partial charge is 0.484 e. The minimum absolute atomic E-state index is 0.0364. The molecule has 2 heterocycles. The highest BCUT2D eigenvalue weighted by atomic mass is 16.5. The van der Waals surface area contributed by atoms with E-state index in [-0.39, 0.29) is 24.0 Å². The molecule has 4 rings (SSSR count). The third-order valence-electron chi connectivity index (χ3n) is 6.10. The van der Waals surface area contributed by atoms with Crippen LogP contribution in [0.4, 0.5) is 0 Å². The highest BCUT2D eigenvalue weighted by molar-refractivity contribution is 5.84. The SMILES string of the molecule is CC(C)c1cc(=O)n(CC2CC2)c2cc(OCC(=O)NCCN3CCOCC3)ccc12. The molecule has 1 saturated carbocycles. The number of hydrogen-bond acceptors (Lipinski definition) is 5. The summed E-state index contributed by atoms with van der Waals surface area (Å²) < 4.78 is 13.0. The number of nitrogens with zero attached hydrogens (tertiary/aromatic N) is 2. The molecule has 7 nitrogen and oxygen atoms in total. The maximum atomic E-state index is 12.8. The molecule has 0 radical (unpaired) electrons. The third kappa shape index (κ3) is 5.66. The summed E-state index contributed by atoms with van der Waals surface area (Å²) in [5.41, 5.74) is 1.99. The summed E-state index contributed by atoms with van der Waals surface area (Å²) in [6.45, 7) is 9.65. The highest BCUT2D eigenvalue weighted by Gasteiger charge is 2.24. The van der Waals surface area contributed by atoms with Crippen LogP contribution in [0.25, 0.3) is 10.9 Å². The first-order valence-electron chi connectivity index (χ1n) is 11.4. The molecule has 7 heteroatoms. The first-order chi connectivity index (χ1) is 15.0. The number of morpholine rings is 1. The summed E-state index contributed by atoms with van der Waals surface area (Å²) in [5, 5.41) is 4.00. The van der Waals surface area contributed by atoms with Crippen molar-refractivity contribution in [1.82, 2.24) is 14.8 Å². The number of aromatic nitrogens is 1. The number of hydrogen-bond donors (Lipinski definition) is 1. The lowest BCUT2D eigenvalue weighted by atomic mass is 9.98. The second kappa shape index (κ2) is 9.83. The van der Waals surface area contributed by atoms with E-state index in [4.69, 9.17) is 9.47 Å². The second-order valence-electron chi connectivity index (χ2n) is 8.92. The van der Waals surface area contributed by atoms with Crippen LogP contribution < -0.4 is 15.6 Å². The summed E-state index contributed by atoms with van der Waals surface area (Å²) in [7, 11) is 0. The Morgan fingerprint density at radius 3 is 2.71 bits per heavy atom. The van der Waals surface area contributed by atoms with Crippen LogP contribution in [0.1, 0.15) is 38.2 Å². The zero-order valence-corrected chi connectivity index (χ0v) is 18.6. The van der Waals surface area contributed by atoms with Crippen molar-refractivity contribution in [3.63, 3.8) is 0 Å². The van der Waals surface area contributed by atoms with Gasteiger partial charge in [0, 0.05) is 50.2 Å². The summed E-state index contributed by atoms with van der Waals surface area (Å²) in [6.07, 6.45) is 2.36. The van der Waals surface area contributed by atoms with Gasteiger partial charge in [-0.25, -0.2) is 0 Å². The Morgan fingerprint density at radius 2 is 2.00 bits per heavy atom. The minimum Gasteiger partial charge on any atom is -0.484 e. The van der Waals surface area contributed by atoms with Gasteiger partial charge >= 0.3 is 0 Å². The van der Waals surface area contributed by atoms with E-state index in [0.717, 1.165) is 55.9 Å². The number of rotatable bonds is 9. The fourth-order valence-electron chi connectivity index (χ4n) is 4.08. The molecule has 2 aromatic rings. The number of pyridine rings is 1. The van der Waals surface area contributed by atoms with Gasteiger partial charge in [0.2, 0.25) is 0 Å². The fourth-order valence-corrected chi connectivity index (χ4v) is 4.08. The first-order valence-corrected chi connectivity index (χ1v) is 11.4. The first kappa shape index (κ1) is 21.8. The number of nitrogens with one attached hydrogen (secondary N) is 1. The molecule has 2 fully saturated rings. The third-order valence-corrected chi connectivity index (χ3v) is 6.10. The van der Waals surface area contributed by atoms with Gasteiger partial charge in [-0.05, 0) is 42.4 Å². The molecule has 0 bridgehead atoms. The van der Waals surface area contributed by atoms with E-state index >= 15 is 0 Å². The van der Waals surface area contributed by atoms with Gasteiger partial charge in [-0.2, -0.15) is 0 Å². The lowest BCUT2D eigenvalue weighted by Crippen LogP contribution is -2.42. The molecule has 31 heavy (non-hydrogen) atoms. The van der Waals surface area contributed by atoms with Gasteiger partial charge in [-0.3, -0.25) is 14.5 Å². The Balaban J connectivity index is 1.41. The van der Waals surface area contributed by atoms with E-state index in [2.05, 4.69) is 24.1 Å². The summed E-state index contributed by atoms with van der Waals surface area (Å²) in [5.74, 6) is 1.32. The van der Waals surface area contributed by atoms with Gasteiger partial charge in [0.25, 0.3) is 11.5 Å². The molecule has 1 amide bonds. The molecule has 1 aromatic heterocycles. The number of carbonyl (C=O) groups excluding carboxylic acids is 1. The normalized spacial score (nSPS) is 17.3. The predicted molar refractivity (Wildman–Crippen MR) is 121 cm³/mol. The lowest BCUT2D eigenvalue weighted by Gasteiger charge is -2.26. The summed E-state index contributed by atoms with van der Waals surface area (Å²) in [4.78, 5) is 27.3. The Bertz CT molecular complexity index is 975. The number of ether oxygens (including phenoxy) is 2. The predicted octanol–water partition coefficient (Wildman–Crippen LogP) is 2.36. The molecule has 2 aliphatic rings. The topological polar surface area (TPSA) is 72.8 Å². The van der Waals surface area contributed by atoms with E-state index in [9.17, 15) is 9.59 Å². The van der Waals surface area contributed by atoms with Crippen LogP contribution in [0.5, 0.6) is 5.75 Å². The molecule has 1 aliphatic carbocycles. The summed E-state index contributed by atoms with van der Waals surface area (Å²) >= 11 is 0. The van der Waals surface area contributed by atoms with Crippen molar-refractivity contribution in [2.24, 2.45) is 5.92 Å². The van der Waals surface area contributed by atoms with Crippen molar-refractivity contribution in [1.29, 1.82) is 0 Å². The van der Waals surface area contributed by atoms with E-state index in [1.165, 1.54) is 12.8 Å². The molecular weight excluding hydrogens is 394 g/mol. The van der Waals surface area contributed by atoms with Gasteiger partial charge in [-0.1, -0.05) is 13.8 Å². The molecular formula is C24H33N3O4. The molecule has 0 spiro atoms. The van der Waals surface area contributed by atoms with Gasteiger partial charge in [0.05, 0.1) is 18.7 Å². The van der Waals surface area contributed by atoms with Gasteiger partial charge < -0.3 is 19.4 Å². The van der Waals surface area contributed by atoms with E-state index in [1.807, 2.05) is 22.8 Å². The lowest BCUT2D eigenvalue weighted by molar-refractivity contribution is -0.123. The Hall–Kier alpha value is -2.38. The van der Waals surface area contributed by atoms with Crippen molar-refractivity contribution in [3.05, 3.63) is 40.2 Å². The molecule has 1 aromatic carbocycles. The molecule has 1 aliphatic heterocycles. The molecule has 168 valence electrons. The average Bonchev–Trinajstić information content (AvgIpc) is 3.59. The van der Waals surface area contributed by atoms with Crippen LogP contribution >= 0.6 is 0 Å². The zero-order chi connectivity index (χ0) is 21.8. The van der Waals surface area contributed by atoms with Gasteiger partial charge in [0.1, 0.15) is 5.75 Å². The van der Waals surface area contributed by atoms with Crippen LogP contribution in [0.3, 0.4) is 0 Å². The zero-order valence-electron chi connectivity index (χ0n) is 18.6. The summed E-state index contributed by atoms with van der Waals surface area (Å²) in [6, 6.07) is 7.59. The Morgan fingerprint density at radius 1 is 1.23 bits per heavy atom. The number of amides is 1. The number of fused-ring (bicyclic) bond motifs is 1. The molecule has 0 atom stereocenters. The van der Waals surface area contributed by atoms with Crippen molar-refractivity contribution in [2.75, 3.05) is 46.0 Å². The highest BCUT2D eigenvalue weighted by Crippen LogP contribution is 2.33. The Kier molecular flexibility index (Phi) is 6.92. The van der Waals surface area contributed by atoms with Crippen LogP contribution in [-0.4, -0.2) is 61.4 Å². The van der Waals surface area contributed by atoms with Crippen LogP contribution in [0.2, 0.25) is 0 Å². The quantitative estimate of drug-likeness (QED) is 0.665. The number of benzene rings is 1. The smallest absolute Gasteiger partial charge is 0.257 e. The van der Waals surface area contributed by atoms with Crippen molar-refractivity contribution in [2.45, 2.75) is 39.2 Å². The van der Waals surface area contributed by atoms with Crippen LogP contribution in [0, 0.1) is 5.92 Å². The second-order valence-corrected chi connectivity index (χ2v) is 8.92. The van der Waals surface area contributed by atoms with E-state index in [1.54, 1.807) is 6.07 Å². The monoisotopic (exact) mass is 427 g/mol. The Labute approximate surface area is 183 Å².